The van der Waals surface area contributed by atoms with E-state index in [1.165, 1.54) is 11.6 Å². The number of piperidine rings is 1. The van der Waals surface area contributed by atoms with Gasteiger partial charge in [0.05, 0.1) is 0 Å². The Kier molecular flexibility index (Phi) is 6.58. The van der Waals surface area contributed by atoms with Gasteiger partial charge in [-0.3, -0.25) is 14.6 Å². The number of nitrogens with zero attached hydrogens (tertiary/aromatic N) is 3. The maximum Gasteiger partial charge on any atom is 0.245 e. The molecule has 5 nitrogen and oxygen atoms in total. The van der Waals surface area contributed by atoms with E-state index in [1.807, 2.05) is 35.4 Å². The van der Waals surface area contributed by atoms with Gasteiger partial charge in [0.25, 0.3) is 0 Å². The smallest absolute Gasteiger partial charge is 0.245 e. The summed E-state index contributed by atoms with van der Waals surface area (Å²) in [4.78, 5) is 33.0. The van der Waals surface area contributed by atoms with Crippen molar-refractivity contribution >= 4 is 11.8 Å². The van der Waals surface area contributed by atoms with Crippen LogP contribution in [0.5, 0.6) is 0 Å². The number of rotatable bonds is 6. The van der Waals surface area contributed by atoms with Gasteiger partial charge in [0, 0.05) is 44.5 Å². The predicted octanol–water partition coefficient (Wildman–Crippen LogP) is 3.34. The lowest BCUT2D eigenvalue weighted by atomic mass is 9.94. The molecule has 5 heteroatoms. The molecule has 0 saturated carbocycles. The van der Waals surface area contributed by atoms with E-state index in [2.05, 4.69) is 30.6 Å². The molecule has 0 spiro atoms. The highest BCUT2D eigenvalue weighted by Crippen LogP contribution is 2.23. The number of aromatic nitrogens is 1. The van der Waals surface area contributed by atoms with Crippen LogP contribution in [0.1, 0.15) is 29.5 Å². The number of amides is 2. The van der Waals surface area contributed by atoms with E-state index in [9.17, 15) is 9.59 Å². The summed E-state index contributed by atoms with van der Waals surface area (Å²) < 4.78 is 0. The predicted molar refractivity (Wildman–Crippen MR) is 109 cm³/mol. The Hall–Kier alpha value is -2.95. The highest BCUT2D eigenvalue weighted by molar-refractivity contribution is 5.87. The maximum atomic E-state index is 13.3. The third-order valence-corrected chi connectivity index (χ3v) is 5.36. The first-order valence-electron chi connectivity index (χ1n) is 9.72. The van der Waals surface area contributed by atoms with Crippen molar-refractivity contribution in [3.05, 3.63) is 78.1 Å². The molecular formula is C23H27N3O2. The summed E-state index contributed by atoms with van der Waals surface area (Å²) in [6, 6.07) is 12.1. The lowest BCUT2D eigenvalue weighted by Crippen LogP contribution is -2.43. The molecule has 1 aromatic heterocycles. The van der Waals surface area contributed by atoms with E-state index in [0.29, 0.717) is 39.0 Å². The van der Waals surface area contributed by atoms with Gasteiger partial charge in [-0.15, -0.1) is 0 Å². The van der Waals surface area contributed by atoms with Gasteiger partial charge in [0.2, 0.25) is 11.8 Å². The van der Waals surface area contributed by atoms with Gasteiger partial charge >= 0.3 is 0 Å². The number of pyridine rings is 1. The number of carbonyl (C=O) groups is 2. The molecule has 1 fully saturated rings. The summed E-state index contributed by atoms with van der Waals surface area (Å²) in [7, 11) is 0. The molecule has 3 rings (SSSR count). The summed E-state index contributed by atoms with van der Waals surface area (Å²) in [6.45, 7) is 7.94. The van der Waals surface area contributed by atoms with E-state index < -0.39 is 0 Å². The van der Waals surface area contributed by atoms with Gasteiger partial charge in [-0.25, -0.2) is 0 Å². The van der Waals surface area contributed by atoms with Crippen LogP contribution in [0, 0.1) is 12.8 Å². The molecular weight excluding hydrogens is 350 g/mol. The summed E-state index contributed by atoms with van der Waals surface area (Å²) in [6.07, 6.45) is 6.27. The number of aryl methyl sites for hydroxylation is 1. The van der Waals surface area contributed by atoms with Crippen molar-refractivity contribution in [3.8, 4) is 0 Å². The lowest BCUT2D eigenvalue weighted by molar-refractivity contribution is -0.140. The summed E-state index contributed by atoms with van der Waals surface area (Å²) >= 11 is 0. The lowest BCUT2D eigenvalue weighted by Gasteiger charge is -2.34. The molecule has 0 atom stereocenters. The standard InChI is InChI=1S/C23H27N3O2/c1-3-22(27)25-13-10-20(11-14-25)23(28)26(16-19-8-6-12-24-15-19)17-21-9-5-4-7-18(21)2/h3-9,12,15,20H,1,10-11,13-14,16-17H2,2H3. The third-order valence-electron chi connectivity index (χ3n) is 5.36. The Morgan fingerprint density at radius 3 is 2.57 bits per heavy atom. The average molecular weight is 377 g/mol. The van der Waals surface area contributed by atoms with E-state index in [1.54, 1.807) is 11.1 Å². The van der Waals surface area contributed by atoms with Gasteiger partial charge in [0.15, 0.2) is 0 Å². The van der Waals surface area contributed by atoms with Crippen LogP contribution < -0.4 is 0 Å². The number of benzene rings is 1. The Morgan fingerprint density at radius 1 is 1.18 bits per heavy atom. The summed E-state index contributed by atoms with van der Waals surface area (Å²) in [5.74, 6) is 0.0328. The Labute approximate surface area is 166 Å². The van der Waals surface area contributed by atoms with Gasteiger partial charge in [0.1, 0.15) is 0 Å². The van der Waals surface area contributed by atoms with Gasteiger partial charge in [-0.1, -0.05) is 36.9 Å². The van der Waals surface area contributed by atoms with Crippen molar-refractivity contribution in [1.29, 1.82) is 0 Å². The molecule has 2 heterocycles. The molecule has 1 aromatic carbocycles. The molecule has 1 saturated heterocycles. The number of hydrogen-bond acceptors (Lipinski definition) is 3. The van der Waals surface area contributed by atoms with Crippen LogP contribution in [-0.4, -0.2) is 39.7 Å². The topological polar surface area (TPSA) is 53.5 Å². The first-order valence-corrected chi connectivity index (χ1v) is 9.72. The monoisotopic (exact) mass is 377 g/mol. The van der Waals surface area contributed by atoms with Crippen molar-refractivity contribution < 1.29 is 9.59 Å². The fraction of sp³-hybridized carbons (Fsp3) is 0.348. The minimum Gasteiger partial charge on any atom is -0.339 e. The van der Waals surface area contributed by atoms with Crippen molar-refractivity contribution in [2.75, 3.05) is 13.1 Å². The minimum atomic E-state index is -0.0606. The van der Waals surface area contributed by atoms with Crippen LogP contribution in [0.2, 0.25) is 0 Å². The zero-order valence-corrected chi connectivity index (χ0v) is 16.4. The van der Waals surface area contributed by atoms with Crippen LogP contribution in [-0.2, 0) is 22.7 Å². The molecule has 2 amide bonds. The minimum absolute atomic E-state index is 0.0574. The van der Waals surface area contributed by atoms with E-state index >= 15 is 0 Å². The number of likely N-dealkylation sites (tertiary alicyclic amines) is 1. The van der Waals surface area contributed by atoms with Gasteiger partial charge < -0.3 is 9.80 Å². The zero-order chi connectivity index (χ0) is 19.9. The van der Waals surface area contributed by atoms with Crippen LogP contribution >= 0.6 is 0 Å². The van der Waals surface area contributed by atoms with Crippen LogP contribution in [0.15, 0.2) is 61.4 Å². The van der Waals surface area contributed by atoms with Gasteiger partial charge in [-0.2, -0.15) is 0 Å². The Morgan fingerprint density at radius 2 is 1.93 bits per heavy atom. The fourth-order valence-electron chi connectivity index (χ4n) is 3.65. The SMILES string of the molecule is C=CC(=O)N1CCC(C(=O)N(Cc2cccnc2)Cc2ccccc2C)CC1. The van der Waals surface area contributed by atoms with Crippen LogP contribution in [0.25, 0.3) is 0 Å². The quantitative estimate of drug-likeness (QED) is 0.726. The zero-order valence-electron chi connectivity index (χ0n) is 16.4. The molecule has 146 valence electrons. The van der Waals surface area contributed by atoms with Gasteiger partial charge in [-0.05, 0) is 48.6 Å². The first kappa shape index (κ1) is 19.8. The van der Waals surface area contributed by atoms with Crippen molar-refractivity contribution in [2.45, 2.75) is 32.9 Å². The van der Waals surface area contributed by atoms with Crippen LogP contribution in [0.3, 0.4) is 0 Å². The second-order valence-electron chi connectivity index (χ2n) is 7.29. The van der Waals surface area contributed by atoms with E-state index in [-0.39, 0.29) is 17.7 Å². The molecule has 1 aliphatic rings. The normalized spacial score (nSPS) is 14.5. The van der Waals surface area contributed by atoms with Crippen LogP contribution in [0.4, 0.5) is 0 Å². The average Bonchev–Trinajstić information content (AvgIpc) is 2.74. The molecule has 0 N–H and O–H groups in total. The molecule has 0 unspecified atom stereocenters. The Balaban J connectivity index is 1.74. The van der Waals surface area contributed by atoms with E-state index in [4.69, 9.17) is 0 Å². The maximum absolute atomic E-state index is 13.3. The first-order chi connectivity index (χ1) is 13.6. The highest BCUT2D eigenvalue weighted by atomic mass is 16.2. The molecule has 0 aliphatic carbocycles. The highest BCUT2D eigenvalue weighted by Gasteiger charge is 2.30. The second kappa shape index (κ2) is 9.31. The Bertz CT molecular complexity index is 827. The summed E-state index contributed by atoms with van der Waals surface area (Å²) in [5, 5.41) is 0. The molecule has 1 aliphatic heterocycles. The number of hydrogen-bond donors (Lipinski definition) is 0. The van der Waals surface area contributed by atoms with Crippen molar-refractivity contribution in [2.24, 2.45) is 5.92 Å². The third kappa shape index (κ3) is 4.85. The van der Waals surface area contributed by atoms with Crippen molar-refractivity contribution in [1.82, 2.24) is 14.8 Å². The largest absolute Gasteiger partial charge is 0.339 e. The molecule has 0 bridgehead atoms. The fourth-order valence-corrected chi connectivity index (χ4v) is 3.65. The molecule has 28 heavy (non-hydrogen) atoms. The summed E-state index contributed by atoms with van der Waals surface area (Å²) in [5.41, 5.74) is 3.35. The second-order valence-corrected chi connectivity index (χ2v) is 7.29. The molecule has 2 aromatic rings. The molecule has 0 radical (unpaired) electrons. The van der Waals surface area contributed by atoms with Crippen molar-refractivity contribution in [3.63, 3.8) is 0 Å². The van der Waals surface area contributed by atoms with E-state index in [0.717, 1.165) is 11.1 Å². The number of carbonyl (C=O) groups excluding carboxylic acids is 2.